The highest BCUT2D eigenvalue weighted by atomic mass is 16.5. The highest BCUT2D eigenvalue weighted by Crippen LogP contribution is 2.29. The van der Waals surface area contributed by atoms with E-state index in [1.165, 1.54) is 0 Å². The van der Waals surface area contributed by atoms with Crippen LogP contribution < -0.4 is 20.1 Å². The number of nitrogens with one attached hydrogen (secondary N) is 2. The number of hydrogen-bond acceptors (Lipinski definition) is 4. The second-order valence-corrected chi connectivity index (χ2v) is 4.93. The Labute approximate surface area is 127 Å². The number of ether oxygens (including phenoxy) is 2. The van der Waals surface area contributed by atoms with Crippen LogP contribution in [0.1, 0.15) is 33.1 Å². The normalized spacial score (nSPS) is 11.6. The van der Waals surface area contributed by atoms with Gasteiger partial charge in [0, 0.05) is 18.3 Å². The molecule has 5 nitrogen and oxygen atoms in total. The molecule has 0 saturated carbocycles. The molecule has 1 rings (SSSR count). The minimum Gasteiger partial charge on any atom is -0.493 e. The SMILES string of the molecule is CCCCCNC(=O)C(C)Nc1ccc(OC)c(OC)c1. The van der Waals surface area contributed by atoms with Gasteiger partial charge in [-0.1, -0.05) is 19.8 Å². The van der Waals surface area contributed by atoms with Gasteiger partial charge < -0.3 is 20.1 Å². The predicted octanol–water partition coefficient (Wildman–Crippen LogP) is 2.81. The summed E-state index contributed by atoms with van der Waals surface area (Å²) >= 11 is 0. The Morgan fingerprint density at radius 3 is 2.52 bits per heavy atom. The lowest BCUT2D eigenvalue weighted by Gasteiger charge is -2.16. The number of amides is 1. The Balaban J connectivity index is 2.53. The lowest BCUT2D eigenvalue weighted by molar-refractivity contribution is -0.121. The topological polar surface area (TPSA) is 59.6 Å². The van der Waals surface area contributed by atoms with Crippen LogP contribution in [0.2, 0.25) is 0 Å². The second kappa shape index (κ2) is 9.10. The zero-order valence-corrected chi connectivity index (χ0v) is 13.4. The van der Waals surface area contributed by atoms with Gasteiger partial charge in [-0.3, -0.25) is 4.79 Å². The molecule has 1 amide bonds. The van der Waals surface area contributed by atoms with Crippen molar-refractivity contribution in [1.29, 1.82) is 0 Å². The molecule has 1 atom stereocenters. The van der Waals surface area contributed by atoms with Gasteiger partial charge in [-0.25, -0.2) is 0 Å². The van der Waals surface area contributed by atoms with E-state index in [0.29, 0.717) is 11.5 Å². The van der Waals surface area contributed by atoms with E-state index in [0.717, 1.165) is 31.5 Å². The third-order valence-electron chi connectivity index (χ3n) is 3.24. The van der Waals surface area contributed by atoms with Crippen molar-refractivity contribution in [2.75, 3.05) is 26.1 Å². The maximum absolute atomic E-state index is 12.0. The molecule has 0 fully saturated rings. The van der Waals surface area contributed by atoms with Gasteiger partial charge in [0.05, 0.1) is 14.2 Å². The van der Waals surface area contributed by atoms with Gasteiger partial charge in [-0.05, 0) is 25.5 Å². The summed E-state index contributed by atoms with van der Waals surface area (Å²) in [6, 6.07) is 5.19. The van der Waals surface area contributed by atoms with Crippen molar-refractivity contribution in [1.82, 2.24) is 5.32 Å². The van der Waals surface area contributed by atoms with Crippen LogP contribution in [0.15, 0.2) is 18.2 Å². The Bertz CT molecular complexity index is 449. The highest BCUT2D eigenvalue weighted by molar-refractivity contribution is 5.84. The van der Waals surface area contributed by atoms with Crippen molar-refractivity contribution >= 4 is 11.6 Å². The van der Waals surface area contributed by atoms with Gasteiger partial charge in [0.2, 0.25) is 5.91 Å². The van der Waals surface area contributed by atoms with E-state index in [2.05, 4.69) is 17.6 Å². The van der Waals surface area contributed by atoms with E-state index >= 15 is 0 Å². The summed E-state index contributed by atoms with van der Waals surface area (Å²) in [6.45, 7) is 4.71. The third kappa shape index (κ3) is 5.53. The number of unbranched alkanes of at least 4 members (excludes halogenated alkanes) is 2. The number of rotatable bonds is 9. The molecule has 0 spiro atoms. The maximum atomic E-state index is 12.0. The molecule has 1 unspecified atom stereocenters. The average molecular weight is 294 g/mol. The highest BCUT2D eigenvalue weighted by Gasteiger charge is 2.13. The monoisotopic (exact) mass is 294 g/mol. The quantitative estimate of drug-likeness (QED) is 0.688. The molecule has 0 bridgehead atoms. The van der Waals surface area contributed by atoms with E-state index in [9.17, 15) is 4.79 Å². The van der Waals surface area contributed by atoms with E-state index in [1.54, 1.807) is 14.2 Å². The van der Waals surface area contributed by atoms with Gasteiger partial charge in [-0.15, -0.1) is 0 Å². The van der Waals surface area contributed by atoms with Crippen LogP contribution in [0.5, 0.6) is 11.5 Å². The summed E-state index contributed by atoms with van der Waals surface area (Å²) in [7, 11) is 3.18. The predicted molar refractivity (Wildman–Crippen MR) is 85.2 cm³/mol. The summed E-state index contributed by atoms with van der Waals surface area (Å²) in [5.74, 6) is 1.30. The molecule has 2 N–H and O–H groups in total. The number of benzene rings is 1. The van der Waals surface area contributed by atoms with Crippen LogP contribution in [0, 0.1) is 0 Å². The molecular weight excluding hydrogens is 268 g/mol. The fraction of sp³-hybridized carbons (Fsp3) is 0.562. The molecule has 0 aromatic heterocycles. The van der Waals surface area contributed by atoms with Gasteiger partial charge in [0.25, 0.3) is 0 Å². The van der Waals surface area contributed by atoms with Gasteiger partial charge in [0.1, 0.15) is 6.04 Å². The molecule has 0 saturated heterocycles. The summed E-state index contributed by atoms with van der Waals surface area (Å²) in [5, 5.41) is 6.09. The van der Waals surface area contributed by atoms with Crippen LogP contribution in [0.3, 0.4) is 0 Å². The first-order valence-corrected chi connectivity index (χ1v) is 7.38. The van der Waals surface area contributed by atoms with Crippen molar-refractivity contribution in [3.63, 3.8) is 0 Å². The molecule has 21 heavy (non-hydrogen) atoms. The van der Waals surface area contributed by atoms with Gasteiger partial charge in [0.15, 0.2) is 11.5 Å². The zero-order valence-electron chi connectivity index (χ0n) is 13.4. The van der Waals surface area contributed by atoms with Gasteiger partial charge >= 0.3 is 0 Å². The molecule has 5 heteroatoms. The van der Waals surface area contributed by atoms with Crippen molar-refractivity contribution < 1.29 is 14.3 Å². The minimum atomic E-state index is -0.301. The minimum absolute atomic E-state index is 0.000822. The molecule has 118 valence electrons. The molecule has 1 aromatic carbocycles. The summed E-state index contributed by atoms with van der Waals surface area (Å²) in [5.41, 5.74) is 0.823. The van der Waals surface area contributed by atoms with Crippen LogP contribution in [-0.4, -0.2) is 32.7 Å². The lowest BCUT2D eigenvalue weighted by Crippen LogP contribution is -2.38. The summed E-state index contributed by atoms with van der Waals surface area (Å²) in [4.78, 5) is 12.0. The first-order chi connectivity index (χ1) is 10.1. The van der Waals surface area contributed by atoms with Gasteiger partial charge in [-0.2, -0.15) is 0 Å². The van der Waals surface area contributed by atoms with E-state index in [-0.39, 0.29) is 11.9 Å². The molecule has 0 aliphatic heterocycles. The Morgan fingerprint density at radius 1 is 1.19 bits per heavy atom. The third-order valence-corrected chi connectivity index (χ3v) is 3.24. The fourth-order valence-electron chi connectivity index (χ4n) is 1.98. The molecule has 0 heterocycles. The largest absolute Gasteiger partial charge is 0.493 e. The summed E-state index contributed by atoms with van der Waals surface area (Å²) in [6.07, 6.45) is 3.30. The number of hydrogen-bond donors (Lipinski definition) is 2. The van der Waals surface area contributed by atoms with Crippen molar-refractivity contribution in [3.05, 3.63) is 18.2 Å². The van der Waals surface area contributed by atoms with E-state index in [4.69, 9.17) is 9.47 Å². The lowest BCUT2D eigenvalue weighted by atomic mass is 10.2. The maximum Gasteiger partial charge on any atom is 0.242 e. The van der Waals surface area contributed by atoms with Crippen molar-refractivity contribution in [3.8, 4) is 11.5 Å². The average Bonchev–Trinajstić information content (AvgIpc) is 2.51. The number of carbonyl (C=O) groups is 1. The molecule has 1 aromatic rings. The smallest absolute Gasteiger partial charge is 0.242 e. The molecule has 0 aliphatic carbocycles. The van der Waals surface area contributed by atoms with Crippen LogP contribution in [-0.2, 0) is 4.79 Å². The van der Waals surface area contributed by atoms with E-state index < -0.39 is 0 Å². The number of carbonyl (C=O) groups excluding carboxylic acids is 1. The summed E-state index contributed by atoms with van der Waals surface area (Å²) < 4.78 is 10.4. The van der Waals surface area contributed by atoms with Crippen molar-refractivity contribution in [2.45, 2.75) is 39.2 Å². The van der Waals surface area contributed by atoms with Crippen LogP contribution in [0.4, 0.5) is 5.69 Å². The molecule has 0 aliphatic rings. The molecule has 0 radical (unpaired) electrons. The zero-order chi connectivity index (χ0) is 15.7. The Morgan fingerprint density at radius 2 is 1.90 bits per heavy atom. The number of anilines is 1. The number of methoxy groups -OCH3 is 2. The fourth-order valence-corrected chi connectivity index (χ4v) is 1.98. The molecular formula is C16H26N2O3. The Hall–Kier alpha value is -1.91. The first kappa shape index (κ1) is 17.1. The second-order valence-electron chi connectivity index (χ2n) is 4.93. The van der Waals surface area contributed by atoms with E-state index in [1.807, 2.05) is 25.1 Å². The van der Waals surface area contributed by atoms with Crippen LogP contribution >= 0.6 is 0 Å². The van der Waals surface area contributed by atoms with Crippen molar-refractivity contribution in [2.24, 2.45) is 0 Å². The standard InChI is InChI=1S/C16H26N2O3/c1-5-6-7-10-17-16(19)12(2)18-13-8-9-14(20-3)15(11-13)21-4/h8-9,11-12,18H,5-7,10H2,1-4H3,(H,17,19). The first-order valence-electron chi connectivity index (χ1n) is 7.38. The Kier molecular flexibility index (Phi) is 7.43. The van der Waals surface area contributed by atoms with Crippen LogP contribution in [0.25, 0.3) is 0 Å².